The summed E-state index contributed by atoms with van der Waals surface area (Å²) in [4.78, 5) is 12.2. The molecule has 0 unspecified atom stereocenters. The summed E-state index contributed by atoms with van der Waals surface area (Å²) in [6.07, 6.45) is 3.26. The lowest BCUT2D eigenvalue weighted by Crippen LogP contribution is -2.10. The van der Waals surface area contributed by atoms with Crippen molar-refractivity contribution in [2.45, 2.75) is 19.8 Å². The van der Waals surface area contributed by atoms with Crippen LogP contribution in [0.2, 0.25) is 5.02 Å². The Kier molecular flexibility index (Phi) is 3.30. The number of carbonyl (C=O) groups is 1. The second-order valence-electron chi connectivity index (χ2n) is 3.91. The van der Waals surface area contributed by atoms with E-state index in [0.29, 0.717) is 17.2 Å². The van der Waals surface area contributed by atoms with Gasteiger partial charge in [0, 0.05) is 16.2 Å². The average Bonchev–Trinajstić information content (AvgIpc) is 2.32. The molecule has 84 valence electrons. The molecule has 0 amide bonds. The molecule has 1 aliphatic rings. The van der Waals surface area contributed by atoms with Crippen LogP contribution < -0.4 is 0 Å². The summed E-state index contributed by atoms with van der Waals surface area (Å²) in [5, 5.41) is 0.589. The lowest BCUT2D eigenvalue weighted by molar-refractivity contribution is 0.101. The normalized spacial score (nSPS) is 15.2. The first-order chi connectivity index (χ1) is 7.68. The Labute approximate surface area is 99.9 Å². The molecule has 3 heteroatoms. The van der Waals surface area contributed by atoms with Crippen molar-refractivity contribution < 1.29 is 9.53 Å². The van der Waals surface area contributed by atoms with Crippen LogP contribution in [-0.2, 0) is 4.74 Å². The first-order valence-electron chi connectivity index (χ1n) is 5.30. The Morgan fingerprint density at radius 1 is 1.44 bits per heavy atom. The highest BCUT2D eigenvalue weighted by molar-refractivity contribution is 6.31. The predicted molar refractivity (Wildman–Crippen MR) is 63.8 cm³/mol. The van der Waals surface area contributed by atoms with E-state index in [1.807, 2.05) is 13.0 Å². The van der Waals surface area contributed by atoms with E-state index in [2.05, 4.69) is 0 Å². The minimum absolute atomic E-state index is 0.0275. The SMILES string of the molecule is Cc1ccc(Cl)cc1C(=O)C1=COCCC1. The highest BCUT2D eigenvalue weighted by atomic mass is 35.5. The molecule has 0 saturated heterocycles. The topological polar surface area (TPSA) is 26.3 Å². The zero-order valence-corrected chi connectivity index (χ0v) is 9.88. The summed E-state index contributed by atoms with van der Waals surface area (Å²) >= 11 is 5.90. The Balaban J connectivity index is 2.33. The standard InChI is InChI=1S/C13H13ClO2/c1-9-4-5-11(14)7-12(9)13(15)10-3-2-6-16-8-10/h4-5,7-8H,2-3,6H2,1H3. The van der Waals surface area contributed by atoms with Gasteiger partial charge in [0.2, 0.25) is 0 Å². The van der Waals surface area contributed by atoms with Gasteiger partial charge in [0.05, 0.1) is 12.9 Å². The van der Waals surface area contributed by atoms with Gasteiger partial charge in [0.15, 0.2) is 5.78 Å². The number of allylic oxidation sites excluding steroid dienone is 1. The number of hydrogen-bond acceptors (Lipinski definition) is 2. The highest BCUT2D eigenvalue weighted by Crippen LogP contribution is 2.22. The van der Waals surface area contributed by atoms with Gasteiger partial charge in [-0.15, -0.1) is 0 Å². The van der Waals surface area contributed by atoms with Crippen LogP contribution >= 0.6 is 11.6 Å². The summed E-state index contributed by atoms with van der Waals surface area (Å²) < 4.78 is 5.18. The van der Waals surface area contributed by atoms with E-state index in [9.17, 15) is 4.79 Å². The largest absolute Gasteiger partial charge is 0.501 e. The Hall–Kier alpha value is -1.28. The van der Waals surface area contributed by atoms with Crippen LogP contribution in [0, 0.1) is 6.92 Å². The monoisotopic (exact) mass is 236 g/mol. The number of carbonyl (C=O) groups excluding carboxylic acids is 1. The number of ether oxygens (including phenoxy) is 1. The molecule has 0 saturated carbocycles. The maximum atomic E-state index is 12.2. The van der Waals surface area contributed by atoms with E-state index in [1.54, 1.807) is 18.4 Å². The van der Waals surface area contributed by atoms with Crippen molar-refractivity contribution in [3.8, 4) is 0 Å². The van der Waals surface area contributed by atoms with Gasteiger partial charge in [-0.3, -0.25) is 4.79 Å². The van der Waals surface area contributed by atoms with Crippen molar-refractivity contribution in [2.24, 2.45) is 0 Å². The van der Waals surface area contributed by atoms with E-state index in [0.717, 1.165) is 24.0 Å². The molecule has 1 aromatic carbocycles. The lowest BCUT2D eigenvalue weighted by atomic mass is 9.96. The van der Waals surface area contributed by atoms with Gasteiger partial charge in [-0.25, -0.2) is 0 Å². The fourth-order valence-electron chi connectivity index (χ4n) is 1.74. The zero-order valence-electron chi connectivity index (χ0n) is 9.13. The van der Waals surface area contributed by atoms with E-state index in [1.165, 1.54) is 0 Å². The molecular weight excluding hydrogens is 224 g/mol. The van der Waals surface area contributed by atoms with Crippen LogP contribution in [0.1, 0.15) is 28.8 Å². The molecule has 16 heavy (non-hydrogen) atoms. The number of aryl methyl sites for hydroxylation is 1. The van der Waals surface area contributed by atoms with Gasteiger partial charge in [0.25, 0.3) is 0 Å². The van der Waals surface area contributed by atoms with E-state index < -0.39 is 0 Å². The molecule has 0 fully saturated rings. The second kappa shape index (κ2) is 4.71. The molecule has 0 spiro atoms. The summed E-state index contributed by atoms with van der Waals surface area (Å²) in [5.41, 5.74) is 2.35. The third kappa shape index (κ3) is 2.27. The number of benzene rings is 1. The molecule has 0 N–H and O–H groups in total. The summed E-state index contributed by atoms with van der Waals surface area (Å²) in [7, 11) is 0. The van der Waals surface area contributed by atoms with E-state index in [-0.39, 0.29) is 5.78 Å². The van der Waals surface area contributed by atoms with Crippen LogP contribution in [0.5, 0.6) is 0 Å². The van der Waals surface area contributed by atoms with Crippen LogP contribution in [0.4, 0.5) is 0 Å². The predicted octanol–water partition coefficient (Wildman–Crippen LogP) is 3.53. The zero-order chi connectivity index (χ0) is 11.5. The van der Waals surface area contributed by atoms with Crippen LogP contribution in [-0.4, -0.2) is 12.4 Å². The van der Waals surface area contributed by atoms with Gasteiger partial charge in [0.1, 0.15) is 0 Å². The van der Waals surface area contributed by atoms with Crippen molar-refractivity contribution in [2.75, 3.05) is 6.61 Å². The summed E-state index contributed by atoms with van der Waals surface area (Å²) in [6.45, 7) is 2.61. The fraction of sp³-hybridized carbons (Fsp3) is 0.308. The maximum absolute atomic E-state index is 12.2. The summed E-state index contributed by atoms with van der Waals surface area (Å²) in [5.74, 6) is 0.0275. The van der Waals surface area contributed by atoms with Crippen molar-refractivity contribution in [1.82, 2.24) is 0 Å². The van der Waals surface area contributed by atoms with Gasteiger partial charge in [-0.05, 0) is 37.5 Å². The number of Topliss-reactive ketones (excluding diaryl/α,β-unsaturated/α-hetero) is 1. The molecule has 0 aliphatic carbocycles. The van der Waals surface area contributed by atoms with E-state index in [4.69, 9.17) is 16.3 Å². The Morgan fingerprint density at radius 2 is 2.25 bits per heavy atom. The van der Waals surface area contributed by atoms with Crippen molar-refractivity contribution >= 4 is 17.4 Å². The highest BCUT2D eigenvalue weighted by Gasteiger charge is 2.17. The van der Waals surface area contributed by atoms with Crippen molar-refractivity contribution in [3.63, 3.8) is 0 Å². The number of halogens is 1. The van der Waals surface area contributed by atoms with Gasteiger partial charge in [-0.1, -0.05) is 17.7 Å². The first-order valence-corrected chi connectivity index (χ1v) is 5.68. The summed E-state index contributed by atoms with van der Waals surface area (Å²) in [6, 6.07) is 5.37. The van der Waals surface area contributed by atoms with Gasteiger partial charge >= 0.3 is 0 Å². The minimum atomic E-state index is 0.0275. The number of hydrogen-bond donors (Lipinski definition) is 0. The molecule has 2 rings (SSSR count). The van der Waals surface area contributed by atoms with Gasteiger partial charge in [-0.2, -0.15) is 0 Å². The minimum Gasteiger partial charge on any atom is -0.501 e. The first kappa shape index (κ1) is 11.2. The smallest absolute Gasteiger partial charge is 0.192 e. The molecule has 0 bridgehead atoms. The maximum Gasteiger partial charge on any atom is 0.192 e. The van der Waals surface area contributed by atoms with Crippen molar-refractivity contribution in [1.29, 1.82) is 0 Å². The Bertz CT molecular complexity index is 449. The second-order valence-corrected chi connectivity index (χ2v) is 4.34. The molecule has 2 nitrogen and oxygen atoms in total. The molecule has 1 aromatic rings. The van der Waals surface area contributed by atoms with Crippen LogP contribution in [0.15, 0.2) is 30.0 Å². The molecule has 0 atom stereocenters. The third-order valence-corrected chi connectivity index (χ3v) is 2.90. The molecule has 0 aromatic heterocycles. The third-order valence-electron chi connectivity index (χ3n) is 2.67. The van der Waals surface area contributed by atoms with Gasteiger partial charge < -0.3 is 4.74 Å². The molecular formula is C13H13ClO2. The molecule has 1 aliphatic heterocycles. The number of rotatable bonds is 2. The molecule has 1 heterocycles. The molecule has 0 radical (unpaired) electrons. The quantitative estimate of drug-likeness (QED) is 0.735. The van der Waals surface area contributed by atoms with Crippen LogP contribution in [0.25, 0.3) is 0 Å². The fourth-order valence-corrected chi connectivity index (χ4v) is 1.92. The average molecular weight is 237 g/mol. The lowest BCUT2D eigenvalue weighted by Gasteiger charge is -2.13. The van der Waals surface area contributed by atoms with E-state index >= 15 is 0 Å². The Morgan fingerprint density at radius 3 is 2.94 bits per heavy atom. The van der Waals surface area contributed by atoms with Crippen LogP contribution in [0.3, 0.4) is 0 Å². The van der Waals surface area contributed by atoms with Crippen molar-refractivity contribution in [3.05, 3.63) is 46.2 Å². The number of ketones is 1.